The zero-order valence-electron chi connectivity index (χ0n) is 12.4. The van der Waals surface area contributed by atoms with Crippen molar-refractivity contribution in [3.8, 4) is 5.75 Å². The molecule has 0 aliphatic rings. The van der Waals surface area contributed by atoms with Gasteiger partial charge >= 0.3 is 0 Å². The van der Waals surface area contributed by atoms with Crippen LogP contribution in [0.15, 0.2) is 24.3 Å². The largest absolute Gasteiger partial charge is 0.492 e. The zero-order chi connectivity index (χ0) is 15.6. The van der Waals surface area contributed by atoms with Crippen LogP contribution in [0.4, 0.5) is 5.69 Å². The van der Waals surface area contributed by atoms with E-state index in [-0.39, 0.29) is 12.4 Å². The first-order valence-electron chi connectivity index (χ1n) is 6.98. The minimum Gasteiger partial charge on any atom is -0.492 e. The number of hydrogen-bond acceptors (Lipinski definition) is 5. The highest BCUT2D eigenvalue weighted by atomic mass is 32.2. The Morgan fingerprint density at radius 1 is 1.19 bits per heavy atom. The van der Waals surface area contributed by atoms with Crippen LogP contribution in [0.5, 0.6) is 5.75 Å². The number of ether oxygens (including phenoxy) is 2. The first kappa shape index (κ1) is 17.7. The standard InChI is InChI=1S/C14H24N2O4S/c1-19-9-4-2-3-8-16-21(17,18)11-10-20-14-7-5-6-13(15)12-14/h5-7,12,16H,2-4,8-11,15H2,1H3. The van der Waals surface area contributed by atoms with Crippen molar-refractivity contribution in [3.63, 3.8) is 0 Å². The van der Waals surface area contributed by atoms with E-state index in [9.17, 15) is 8.42 Å². The van der Waals surface area contributed by atoms with Crippen LogP contribution in [0.1, 0.15) is 19.3 Å². The SMILES string of the molecule is COCCCCCNS(=O)(=O)CCOc1cccc(N)c1. The summed E-state index contributed by atoms with van der Waals surface area (Å²) in [4.78, 5) is 0. The van der Waals surface area contributed by atoms with Crippen molar-refractivity contribution >= 4 is 15.7 Å². The normalized spacial score (nSPS) is 11.5. The fraction of sp³-hybridized carbons (Fsp3) is 0.571. The third-order valence-electron chi connectivity index (χ3n) is 2.83. The molecule has 1 aromatic rings. The molecule has 3 N–H and O–H groups in total. The molecule has 0 fully saturated rings. The summed E-state index contributed by atoms with van der Waals surface area (Å²) in [6.07, 6.45) is 2.69. The second-order valence-corrected chi connectivity index (χ2v) is 6.61. The Kier molecular flexibility index (Phi) is 8.11. The third kappa shape index (κ3) is 8.54. The van der Waals surface area contributed by atoms with E-state index >= 15 is 0 Å². The lowest BCUT2D eigenvalue weighted by Crippen LogP contribution is -2.29. The molecule has 0 aliphatic carbocycles. The second kappa shape index (κ2) is 9.59. The highest BCUT2D eigenvalue weighted by Gasteiger charge is 2.09. The molecule has 120 valence electrons. The van der Waals surface area contributed by atoms with Crippen molar-refractivity contribution in [2.75, 3.05) is 38.4 Å². The van der Waals surface area contributed by atoms with E-state index in [4.69, 9.17) is 15.2 Å². The highest BCUT2D eigenvalue weighted by Crippen LogP contribution is 2.14. The molecule has 0 aliphatic heterocycles. The van der Waals surface area contributed by atoms with Gasteiger partial charge in [-0.15, -0.1) is 0 Å². The van der Waals surface area contributed by atoms with Crippen LogP contribution in [0, 0.1) is 0 Å². The molecule has 7 heteroatoms. The maximum absolute atomic E-state index is 11.7. The van der Waals surface area contributed by atoms with Crippen molar-refractivity contribution in [3.05, 3.63) is 24.3 Å². The molecule has 0 amide bonds. The number of unbranched alkanes of at least 4 members (excludes halogenated alkanes) is 2. The van der Waals surface area contributed by atoms with Gasteiger partial charge in [0.15, 0.2) is 0 Å². The van der Waals surface area contributed by atoms with Gasteiger partial charge in [0.25, 0.3) is 0 Å². The summed E-state index contributed by atoms with van der Waals surface area (Å²) in [7, 11) is -1.64. The van der Waals surface area contributed by atoms with E-state index in [2.05, 4.69) is 4.72 Å². The lowest BCUT2D eigenvalue weighted by molar-refractivity contribution is 0.192. The monoisotopic (exact) mass is 316 g/mol. The number of anilines is 1. The smallest absolute Gasteiger partial charge is 0.214 e. The number of nitrogen functional groups attached to an aromatic ring is 1. The predicted octanol–water partition coefficient (Wildman–Crippen LogP) is 1.38. The Bertz CT molecular complexity index is 505. The van der Waals surface area contributed by atoms with Crippen LogP contribution >= 0.6 is 0 Å². The van der Waals surface area contributed by atoms with E-state index in [0.717, 1.165) is 19.3 Å². The fourth-order valence-corrected chi connectivity index (χ4v) is 2.62. The molecule has 0 radical (unpaired) electrons. The van der Waals surface area contributed by atoms with Crippen LogP contribution in [0.3, 0.4) is 0 Å². The van der Waals surface area contributed by atoms with Gasteiger partial charge in [-0.05, 0) is 31.4 Å². The number of nitrogens with one attached hydrogen (secondary N) is 1. The van der Waals surface area contributed by atoms with Crippen LogP contribution in [0.2, 0.25) is 0 Å². The molecule has 0 atom stereocenters. The van der Waals surface area contributed by atoms with E-state index < -0.39 is 10.0 Å². The maximum Gasteiger partial charge on any atom is 0.214 e. The van der Waals surface area contributed by atoms with E-state index in [1.54, 1.807) is 31.4 Å². The van der Waals surface area contributed by atoms with Crippen molar-refractivity contribution in [1.82, 2.24) is 4.72 Å². The van der Waals surface area contributed by atoms with Gasteiger partial charge in [-0.1, -0.05) is 6.07 Å². The average Bonchev–Trinajstić information content (AvgIpc) is 2.42. The van der Waals surface area contributed by atoms with Crippen molar-refractivity contribution < 1.29 is 17.9 Å². The van der Waals surface area contributed by atoms with Crippen LogP contribution in [0.25, 0.3) is 0 Å². The van der Waals surface area contributed by atoms with E-state index in [1.165, 1.54) is 0 Å². The molecular weight excluding hydrogens is 292 g/mol. The van der Waals surface area contributed by atoms with Gasteiger partial charge in [0.2, 0.25) is 10.0 Å². The first-order chi connectivity index (χ1) is 10.0. The maximum atomic E-state index is 11.7. The molecule has 0 bridgehead atoms. The average molecular weight is 316 g/mol. The lowest BCUT2D eigenvalue weighted by atomic mass is 10.2. The van der Waals surface area contributed by atoms with Crippen LogP contribution < -0.4 is 15.2 Å². The molecule has 0 unspecified atom stereocenters. The summed E-state index contributed by atoms with van der Waals surface area (Å²) < 4.78 is 36.3. The Labute approximate surface area is 126 Å². The van der Waals surface area contributed by atoms with Gasteiger partial charge < -0.3 is 15.2 Å². The fourth-order valence-electron chi connectivity index (χ4n) is 1.72. The second-order valence-electron chi connectivity index (χ2n) is 4.69. The molecule has 1 aromatic carbocycles. The minimum atomic E-state index is -3.29. The van der Waals surface area contributed by atoms with Gasteiger partial charge in [0.05, 0.1) is 5.75 Å². The van der Waals surface area contributed by atoms with Crippen LogP contribution in [-0.2, 0) is 14.8 Å². The van der Waals surface area contributed by atoms with Gasteiger partial charge in [-0.25, -0.2) is 13.1 Å². The number of sulfonamides is 1. The molecule has 0 aromatic heterocycles. The minimum absolute atomic E-state index is 0.0696. The summed E-state index contributed by atoms with van der Waals surface area (Å²) in [6.45, 7) is 1.26. The zero-order valence-corrected chi connectivity index (χ0v) is 13.2. The summed E-state index contributed by atoms with van der Waals surface area (Å²) in [6, 6.07) is 6.91. The quantitative estimate of drug-likeness (QED) is 0.475. The van der Waals surface area contributed by atoms with Crippen molar-refractivity contribution in [2.45, 2.75) is 19.3 Å². The molecule has 0 heterocycles. The summed E-state index contributed by atoms with van der Waals surface area (Å²) in [5, 5.41) is 0. The van der Waals surface area contributed by atoms with E-state index in [1.807, 2.05) is 0 Å². The van der Waals surface area contributed by atoms with Crippen molar-refractivity contribution in [1.29, 1.82) is 0 Å². The molecule has 0 saturated heterocycles. The third-order valence-corrected chi connectivity index (χ3v) is 4.17. The Hall–Kier alpha value is -1.31. The molecular formula is C14H24N2O4S. The molecule has 21 heavy (non-hydrogen) atoms. The van der Waals surface area contributed by atoms with Crippen LogP contribution in [-0.4, -0.2) is 41.0 Å². The number of methoxy groups -OCH3 is 1. The van der Waals surface area contributed by atoms with Crippen molar-refractivity contribution in [2.24, 2.45) is 0 Å². The Balaban J connectivity index is 2.17. The van der Waals surface area contributed by atoms with E-state index in [0.29, 0.717) is 24.6 Å². The molecule has 0 spiro atoms. The number of nitrogens with two attached hydrogens (primary N) is 1. The van der Waals surface area contributed by atoms with Gasteiger partial charge in [-0.3, -0.25) is 0 Å². The number of rotatable bonds is 11. The van der Waals surface area contributed by atoms with Gasteiger partial charge in [-0.2, -0.15) is 0 Å². The lowest BCUT2D eigenvalue weighted by Gasteiger charge is -2.09. The topological polar surface area (TPSA) is 90.6 Å². The highest BCUT2D eigenvalue weighted by molar-refractivity contribution is 7.89. The summed E-state index contributed by atoms with van der Waals surface area (Å²) in [5.74, 6) is 0.504. The van der Waals surface area contributed by atoms with Gasteiger partial charge in [0, 0.05) is 32.0 Å². The number of benzene rings is 1. The van der Waals surface area contributed by atoms with Gasteiger partial charge in [0.1, 0.15) is 12.4 Å². The first-order valence-corrected chi connectivity index (χ1v) is 8.63. The Morgan fingerprint density at radius 3 is 2.71 bits per heavy atom. The Morgan fingerprint density at radius 2 is 2.00 bits per heavy atom. The molecule has 0 saturated carbocycles. The predicted molar refractivity (Wildman–Crippen MR) is 83.9 cm³/mol. The molecule has 6 nitrogen and oxygen atoms in total. The number of hydrogen-bond donors (Lipinski definition) is 2. The summed E-state index contributed by atoms with van der Waals surface area (Å²) in [5.41, 5.74) is 6.20. The summed E-state index contributed by atoms with van der Waals surface area (Å²) >= 11 is 0. The molecule has 1 rings (SSSR count).